The van der Waals surface area contributed by atoms with Crippen LogP contribution in [0.25, 0.3) is 10.8 Å². The molecule has 4 nitrogen and oxygen atoms in total. The van der Waals surface area contributed by atoms with Crippen LogP contribution in [0.2, 0.25) is 0 Å². The van der Waals surface area contributed by atoms with Crippen LogP contribution in [0.4, 0.5) is 0 Å². The number of aromatic hydroxyl groups is 1. The molecular formula is C15H16O4. The number of carbonyl (C=O) groups is 1. The van der Waals surface area contributed by atoms with Gasteiger partial charge in [-0.05, 0) is 49.6 Å². The fourth-order valence-electron chi connectivity index (χ4n) is 1.93. The predicted octanol–water partition coefficient (Wildman–Crippen LogP) is 3.12. The number of ether oxygens (including phenoxy) is 2. The number of carbonyl (C=O) groups excluding carboxylic acids is 1. The minimum Gasteiger partial charge on any atom is -0.508 e. The Kier molecular flexibility index (Phi) is 3.90. The van der Waals surface area contributed by atoms with E-state index in [1.807, 2.05) is 6.92 Å². The summed E-state index contributed by atoms with van der Waals surface area (Å²) in [6, 6.07) is 8.32. The zero-order chi connectivity index (χ0) is 13.8. The minimum absolute atomic E-state index is 0.149. The van der Waals surface area contributed by atoms with Crippen molar-refractivity contribution in [3.63, 3.8) is 0 Å². The van der Waals surface area contributed by atoms with Crippen molar-refractivity contribution in [3.8, 4) is 11.5 Å². The molecule has 0 saturated heterocycles. The highest BCUT2D eigenvalue weighted by molar-refractivity contribution is 5.98. The monoisotopic (exact) mass is 260 g/mol. The molecule has 2 aromatic rings. The molecule has 0 bridgehead atoms. The lowest BCUT2D eigenvalue weighted by Crippen LogP contribution is -2.05. The zero-order valence-electron chi connectivity index (χ0n) is 11.0. The third-order valence-corrected chi connectivity index (χ3v) is 2.71. The Morgan fingerprint density at radius 3 is 2.63 bits per heavy atom. The Labute approximate surface area is 111 Å². The van der Waals surface area contributed by atoms with Crippen LogP contribution in [0.15, 0.2) is 30.3 Å². The van der Waals surface area contributed by atoms with Crippen LogP contribution in [0.1, 0.15) is 24.2 Å². The van der Waals surface area contributed by atoms with Crippen molar-refractivity contribution in [2.45, 2.75) is 13.8 Å². The Morgan fingerprint density at radius 2 is 1.95 bits per heavy atom. The third kappa shape index (κ3) is 2.78. The van der Waals surface area contributed by atoms with Gasteiger partial charge in [-0.1, -0.05) is 0 Å². The van der Waals surface area contributed by atoms with E-state index in [1.165, 1.54) is 0 Å². The number of fused-ring (bicyclic) bond motifs is 1. The van der Waals surface area contributed by atoms with Gasteiger partial charge in [0.2, 0.25) is 0 Å². The van der Waals surface area contributed by atoms with E-state index in [9.17, 15) is 9.90 Å². The largest absolute Gasteiger partial charge is 0.508 e. The second-order valence-electron chi connectivity index (χ2n) is 4.03. The second-order valence-corrected chi connectivity index (χ2v) is 4.03. The number of hydrogen-bond donors (Lipinski definition) is 1. The summed E-state index contributed by atoms with van der Waals surface area (Å²) in [5, 5.41) is 11.1. The minimum atomic E-state index is -0.395. The van der Waals surface area contributed by atoms with E-state index in [1.54, 1.807) is 37.3 Å². The summed E-state index contributed by atoms with van der Waals surface area (Å²) in [6.45, 7) is 4.46. The number of phenolic OH excluding ortho intramolecular Hbond substituents is 1. The molecule has 0 saturated carbocycles. The number of esters is 1. The highest BCUT2D eigenvalue weighted by Crippen LogP contribution is 2.30. The van der Waals surface area contributed by atoms with Crippen LogP contribution >= 0.6 is 0 Å². The first-order valence-corrected chi connectivity index (χ1v) is 6.22. The van der Waals surface area contributed by atoms with Gasteiger partial charge in [-0.2, -0.15) is 0 Å². The van der Waals surface area contributed by atoms with Crippen molar-refractivity contribution in [2.24, 2.45) is 0 Å². The quantitative estimate of drug-likeness (QED) is 0.858. The summed E-state index contributed by atoms with van der Waals surface area (Å²) >= 11 is 0. The fourth-order valence-corrected chi connectivity index (χ4v) is 1.93. The Morgan fingerprint density at radius 1 is 1.16 bits per heavy atom. The second kappa shape index (κ2) is 5.61. The van der Waals surface area contributed by atoms with E-state index in [-0.39, 0.29) is 5.75 Å². The van der Waals surface area contributed by atoms with E-state index < -0.39 is 5.97 Å². The molecule has 100 valence electrons. The number of hydrogen-bond acceptors (Lipinski definition) is 4. The first-order chi connectivity index (χ1) is 9.15. The summed E-state index contributed by atoms with van der Waals surface area (Å²) in [5.41, 5.74) is 0.420. The lowest BCUT2D eigenvalue weighted by atomic mass is 10.1. The van der Waals surface area contributed by atoms with E-state index >= 15 is 0 Å². The zero-order valence-corrected chi connectivity index (χ0v) is 11.0. The summed E-state index contributed by atoms with van der Waals surface area (Å²) in [5.74, 6) is 0.368. The summed E-state index contributed by atoms with van der Waals surface area (Å²) in [6.07, 6.45) is 0. The van der Waals surface area contributed by atoms with E-state index in [0.717, 1.165) is 10.8 Å². The van der Waals surface area contributed by atoms with Crippen molar-refractivity contribution < 1.29 is 19.4 Å². The Hall–Kier alpha value is -2.23. The highest BCUT2D eigenvalue weighted by Gasteiger charge is 2.12. The average Bonchev–Trinajstić information content (AvgIpc) is 2.38. The van der Waals surface area contributed by atoms with Crippen LogP contribution in [0.3, 0.4) is 0 Å². The molecule has 0 aromatic heterocycles. The molecule has 0 amide bonds. The third-order valence-electron chi connectivity index (χ3n) is 2.71. The van der Waals surface area contributed by atoms with Crippen molar-refractivity contribution in [3.05, 3.63) is 35.9 Å². The molecule has 0 radical (unpaired) electrons. The van der Waals surface area contributed by atoms with Gasteiger partial charge >= 0.3 is 5.97 Å². The molecule has 0 spiro atoms. The number of phenols is 1. The summed E-state index contributed by atoms with van der Waals surface area (Å²) in [7, 11) is 0. The first-order valence-electron chi connectivity index (χ1n) is 6.22. The van der Waals surface area contributed by atoms with E-state index in [2.05, 4.69) is 0 Å². The van der Waals surface area contributed by atoms with E-state index in [0.29, 0.717) is 24.5 Å². The fraction of sp³-hybridized carbons (Fsp3) is 0.267. The molecule has 1 N–H and O–H groups in total. The average molecular weight is 260 g/mol. The molecule has 0 fully saturated rings. The molecule has 0 aliphatic carbocycles. The molecule has 2 aromatic carbocycles. The number of benzene rings is 2. The smallest absolute Gasteiger partial charge is 0.338 e. The maximum absolute atomic E-state index is 11.8. The standard InChI is InChI=1S/C15H16O4/c1-3-18-14-9-11(15(17)19-4-2)7-10-8-12(16)5-6-13(10)14/h5-9,16H,3-4H2,1-2H3. The number of rotatable bonds is 4. The van der Waals surface area contributed by atoms with Gasteiger partial charge in [0.05, 0.1) is 18.8 Å². The SMILES string of the molecule is CCOC(=O)c1cc(OCC)c2ccc(O)cc2c1. The topological polar surface area (TPSA) is 55.8 Å². The molecule has 19 heavy (non-hydrogen) atoms. The Bertz CT molecular complexity index is 604. The van der Waals surface area contributed by atoms with Crippen LogP contribution in [-0.4, -0.2) is 24.3 Å². The molecule has 4 heteroatoms. The van der Waals surface area contributed by atoms with Crippen molar-refractivity contribution in [1.29, 1.82) is 0 Å². The van der Waals surface area contributed by atoms with Gasteiger partial charge in [-0.25, -0.2) is 4.79 Å². The molecular weight excluding hydrogens is 244 g/mol. The Balaban J connectivity index is 2.58. The molecule has 0 aliphatic rings. The normalized spacial score (nSPS) is 10.4. The molecule has 0 unspecified atom stereocenters. The molecule has 0 aliphatic heterocycles. The van der Waals surface area contributed by atoms with Crippen LogP contribution < -0.4 is 4.74 Å². The van der Waals surface area contributed by atoms with Gasteiger partial charge in [-0.3, -0.25) is 0 Å². The van der Waals surface area contributed by atoms with Crippen LogP contribution in [-0.2, 0) is 4.74 Å². The van der Waals surface area contributed by atoms with Gasteiger partial charge in [0, 0.05) is 5.39 Å². The van der Waals surface area contributed by atoms with Crippen molar-refractivity contribution in [2.75, 3.05) is 13.2 Å². The molecule has 0 heterocycles. The highest BCUT2D eigenvalue weighted by atomic mass is 16.5. The van der Waals surface area contributed by atoms with Crippen LogP contribution in [0.5, 0.6) is 11.5 Å². The first kappa shape index (κ1) is 13.2. The van der Waals surface area contributed by atoms with Gasteiger partial charge < -0.3 is 14.6 Å². The van der Waals surface area contributed by atoms with Crippen LogP contribution in [0, 0.1) is 0 Å². The van der Waals surface area contributed by atoms with E-state index in [4.69, 9.17) is 9.47 Å². The molecule has 0 atom stereocenters. The predicted molar refractivity (Wildman–Crippen MR) is 72.7 cm³/mol. The lowest BCUT2D eigenvalue weighted by molar-refractivity contribution is 0.0526. The summed E-state index contributed by atoms with van der Waals surface area (Å²) in [4.78, 5) is 11.8. The van der Waals surface area contributed by atoms with Gasteiger partial charge in [0.15, 0.2) is 0 Å². The maximum Gasteiger partial charge on any atom is 0.338 e. The maximum atomic E-state index is 11.8. The van der Waals surface area contributed by atoms with Crippen molar-refractivity contribution in [1.82, 2.24) is 0 Å². The van der Waals surface area contributed by atoms with Crippen molar-refractivity contribution >= 4 is 16.7 Å². The molecule has 2 rings (SSSR count). The summed E-state index contributed by atoms with van der Waals surface area (Å²) < 4.78 is 10.5. The lowest BCUT2D eigenvalue weighted by Gasteiger charge is -2.10. The van der Waals surface area contributed by atoms with Gasteiger partial charge in [0.25, 0.3) is 0 Å². The van der Waals surface area contributed by atoms with Gasteiger partial charge in [0.1, 0.15) is 11.5 Å². The van der Waals surface area contributed by atoms with Gasteiger partial charge in [-0.15, -0.1) is 0 Å².